The van der Waals surface area contributed by atoms with Crippen LogP contribution in [0, 0.1) is 5.41 Å². The van der Waals surface area contributed by atoms with Crippen LogP contribution in [0.25, 0.3) is 0 Å². The summed E-state index contributed by atoms with van der Waals surface area (Å²) in [6, 6.07) is 4.14. The second kappa shape index (κ2) is 4.25. The Morgan fingerprint density at radius 1 is 1.29 bits per heavy atom. The second-order valence-electron chi connectivity index (χ2n) is 4.51. The van der Waals surface area contributed by atoms with E-state index in [1.807, 2.05) is 0 Å². The third-order valence-corrected chi connectivity index (χ3v) is 3.16. The van der Waals surface area contributed by atoms with Gasteiger partial charge in [-0.1, -0.05) is 6.07 Å². The minimum absolute atomic E-state index is 0.0417. The minimum atomic E-state index is -0.527. The van der Waals surface area contributed by atoms with Crippen LogP contribution in [0.3, 0.4) is 0 Å². The molecule has 1 aliphatic carbocycles. The number of carbonyl (C=O) groups excluding carboxylic acids is 1. The molecule has 0 radical (unpaired) electrons. The Morgan fingerprint density at radius 3 is 2.35 bits per heavy atom. The van der Waals surface area contributed by atoms with Crippen LogP contribution in [0.5, 0.6) is 11.5 Å². The molecule has 1 amide bonds. The van der Waals surface area contributed by atoms with Gasteiger partial charge in [0.05, 0.1) is 6.61 Å². The van der Waals surface area contributed by atoms with Gasteiger partial charge in [0.15, 0.2) is 0 Å². The molecule has 92 valence electrons. The number of nitrogens with one attached hydrogen (secondary N) is 1. The normalized spacial score (nSPS) is 16.5. The molecule has 0 aliphatic heterocycles. The summed E-state index contributed by atoms with van der Waals surface area (Å²) in [6.07, 6.45) is 1.77. The molecule has 5 heteroatoms. The summed E-state index contributed by atoms with van der Waals surface area (Å²) in [4.78, 5) is 11.8. The molecule has 5 nitrogen and oxygen atoms in total. The Hall–Kier alpha value is -1.75. The van der Waals surface area contributed by atoms with Crippen molar-refractivity contribution in [3.63, 3.8) is 0 Å². The second-order valence-corrected chi connectivity index (χ2v) is 4.51. The van der Waals surface area contributed by atoms with Crippen LogP contribution < -0.4 is 5.32 Å². The van der Waals surface area contributed by atoms with Gasteiger partial charge in [0.25, 0.3) is 5.91 Å². The first-order valence-electron chi connectivity index (χ1n) is 5.48. The highest BCUT2D eigenvalue weighted by atomic mass is 16.3. The van der Waals surface area contributed by atoms with E-state index in [0.717, 1.165) is 12.8 Å². The van der Waals surface area contributed by atoms with Crippen molar-refractivity contribution in [2.45, 2.75) is 12.8 Å². The number of carbonyl (C=O) groups is 1. The first-order chi connectivity index (χ1) is 8.08. The molecule has 0 heterocycles. The molecule has 2 rings (SSSR count). The van der Waals surface area contributed by atoms with E-state index in [0.29, 0.717) is 6.54 Å². The summed E-state index contributed by atoms with van der Waals surface area (Å²) in [6.45, 7) is 0.399. The summed E-state index contributed by atoms with van der Waals surface area (Å²) in [5, 5.41) is 30.7. The van der Waals surface area contributed by atoms with Crippen LogP contribution in [0.2, 0.25) is 0 Å². The number of hydrogen-bond acceptors (Lipinski definition) is 4. The zero-order valence-corrected chi connectivity index (χ0v) is 9.31. The van der Waals surface area contributed by atoms with Gasteiger partial charge < -0.3 is 20.6 Å². The Bertz CT molecular complexity index is 420. The van der Waals surface area contributed by atoms with Gasteiger partial charge in [0, 0.05) is 12.0 Å². The number of aromatic hydroxyl groups is 2. The van der Waals surface area contributed by atoms with Gasteiger partial charge in [-0.15, -0.1) is 0 Å². The van der Waals surface area contributed by atoms with E-state index in [-0.39, 0.29) is 29.1 Å². The van der Waals surface area contributed by atoms with E-state index in [1.165, 1.54) is 18.2 Å². The number of rotatable bonds is 4. The maximum Gasteiger partial charge on any atom is 0.258 e. The number of benzene rings is 1. The number of aliphatic hydroxyl groups is 1. The van der Waals surface area contributed by atoms with Crippen LogP contribution in [-0.2, 0) is 0 Å². The topological polar surface area (TPSA) is 89.8 Å². The minimum Gasteiger partial charge on any atom is -0.507 e. The molecule has 1 aromatic rings. The van der Waals surface area contributed by atoms with Gasteiger partial charge in [0.2, 0.25) is 0 Å². The third kappa shape index (κ3) is 2.34. The number of amides is 1. The fourth-order valence-electron chi connectivity index (χ4n) is 1.68. The highest BCUT2D eigenvalue weighted by molar-refractivity contribution is 5.99. The standard InChI is InChI=1S/C12H15NO4/c14-7-12(4-5-12)6-13-11(17)10-8(15)2-1-3-9(10)16/h1-3,14-16H,4-7H2,(H,13,17). The molecule has 1 fully saturated rings. The summed E-state index contributed by atoms with van der Waals surface area (Å²) in [5.41, 5.74) is -0.323. The number of phenols is 2. The molecule has 0 bridgehead atoms. The van der Waals surface area contributed by atoms with Gasteiger partial charge in [0.1, 0.15) is 17.1 Å². The van der Waals surface area contributed by atoms with Crippen molar-refractivity contribution in [2.75, 3.05) is 13.2 Å². The molecule has 0 atom stereocenters. The van der Waals surface area contributed by atoms with Gasteiger partial charge in [-0.2, -0.15) is 0 Å². The van der Waals surface area contributed by atoms with E-state index in [1.54, 1.807) is 0 Å². The Morgan fingerprint density at radius 2 is 1.88 bits per heavy atom. The number of aliphatic hydroxyl groups excluding tert-OH is 1. The van der Waals surface area contributed by atoms with Crippen molar-refractivity contribution < 1.29 is 20.1 Å². The Balaban J connectivity index is 2.05. The molecule has 1 saturated carbocycles. The molecule has 0 spiro atoms. The molecular weight excluding hydrogens is 222 g/mol. The van der Waals surface area contributed by atoms with E-state index in [9.17, 15) is 15.0 Å². The maximum atomic E-state index is 11.8. The van der Waals surface area contributed by atoms with Crippen molar-refractivity contribution in [3.05, 3.63) is 23.8 Å². The van der Waals surface area contributed by atoms with Gasteiger partial charge in [-0.25, -0.2) is 0 Å². The average Bonchev–Trinajstić information content (AvgIpc) is 3.07. The molecule has 1 aliphatic rings. The highest BCUT2D eigenvalue weighted by Gasteiger charge is 2.42. The fourth-order valence-corrected chi connectivity index (χ4v) is 1.68. The van der Waals surface area contributed by atoms with Crippen LogP contribution in [-0.4, -0.2) is 34.4 Å². The van der Waals surface area contributed by atoms with E-state index >= 15 is 0 Å². The molecule has 1 aromatic carbocycles. The average molecular weight is 237 g/mol. The lowest BCUT2D eigenvalue weighted by molar-refractivity contribution is 0.0930. The maximum absolute atomic E-state index is 11.8. The summed E-state index contributed by atoms with van der Waals surface area (Å²) in [7, 11) is 0. The van der Waals surface area contributed by atoms with Crippen molar-refractivity contribution in [2.24, 2.45) is 5.41 Å². The largest absolute Gasteiger partial charge is 0.507 e. The van der Waals surface area contributed by atoms with Crippen LogP contribution >= 0.6 is 0 Å². The lowest BCUT2D eigenvalue weighted by Gasteiger charge is -2.13. The predicted octanol–water partition coefficient (Wildman–Crippen LogP) is 0.600. The smallest absolute Gasteiger partial charge is 0.258 e. The molecule has 17 heavy (non-hydrogen) atoms. The van der Waals surface area contributed by atoms with Crippen LogP contribution in [0.1, 0.15) is 23.2 Å². The van der Waals surface area contributed by atoms with Gasteiger partial charge >= 0.3 is 0 Å². The fraction of sp³-hybridized carbons (Fsp3) is 0.417. The first-order valence-corrected chi connectivity index (χ1v) is 5.48. The van der Waals surface area contributed by atoms with Crippen molar-refractivity contribution in [1.29, 1.82) is 0 Å². The first kappa shape index (κ1) is 11.7. The SMILES string of the molecule is O=C(NCC1(CO)CC1)c1c(O)cccc1O. The van der Waals surface area contributed by atoms with Gasteiger partial charge in [-0.05, 0) is 25.0 Å². The number of hydrogen-bond donors (Lipinski definition) is 4. The van der Waals surface area contributed by atoms with Crippen molar-refractivity contribution in [3.8, 4) is 11.5 Å². The van der Waals surface area contributed by atoms with E-state index in [2.05, 4.69) is 5.32 Å². The van der Waals surface area contributed by atoms with Crippen molar-refractivity contribution in [1.82, 2.24) is 5.32 Å². The Kier molecular flexibility index (Phi) is 2.93. The molecular formula is C12H15NO4. The van der Waals surface area contributed by atoms with Crippen LogP contribution in [0.4, 0.5) is 0 Å². The zero-order valence-electron chi connectivity index (χ0n) is 9.31. The monoisotopic (exact) mass is 237 g/mol. The third-order valence-electron chi connectivity index (χ3n) is 3.16. The predicted molar refractivity (Wildman–Crippen MR) is 60.9 cm³/mol. The quantitative estimate of drug-likeness (QED) is 0.617. The van der Waals surface area contributed by atoms with E-state index in [4.69, 9.17) is 5.11 Å². The molecule has 4 N–H and O–H groups in total. The van der Waals surface area contributed by atoms with Crippen LogP contribution in [0.15, 0.2) is 18.2 Å². The molecule has 0 aromatic heterocycles. The Labute approximate surface area is 98.7 Å². The van der Waals surface area contributed by atoms with Crippen molar-refractivity contribution >= 4 is 5.91 Å². The number of phenolic OH excluding ortho intramolecular Hbond substituents is 2. The summed E-state index contributed by atoms with van der Waals surface area (Å²) >= 11 is 0. The molecule has 0 saturated heterocycles. The summed E-state index contributed by atoms with van der Waals surface area (Å²) in [5.74, 6) is -1.03. The lowest BCUT2D eigenvalue weighted by Crippen LogP contribution is -2.31. The summed E-state index contributed by atoms with van der Waals surface area (Å²) < 4.78 is 0. The molecule has 0 unspecified atom stereocenters. The van der Waals surface area contributed by atoms with E-state index < -0.39 is 5.91 Å². The van der Waals surface area contributed by atoms with Gasteiger partial charge in [-0.3, -0.25) is 4.79 Å². The lowest BCUT2D eigenvalue weighted by atomic mass is 10.1. The zero-order chi connectivity index (χ0) is 12.5. The highest BCUT2D eigenvalue weighted by Crippen LogP contribution is 2.44.